The van der Waals surface area contributed by atoms with E-state index in [1.54, 1.807) is 18.2 Å². The fraction of sp³-hybridized carbons (Fsp3) is 0.280. The zero-order valence-electron chi connectivity index (χ0n) is 18.0. The van der Waals surface area contributed by atoms with Gasteiger partial charge in [-0.2, -0.15) is 0 Å². The molecule has 32 heavy (non-hydrogen) atoms. The molecular formula is C25H24N2O5. The van der Waals surface area contributed by atoms with Crippen LogP contribution in [0.5, 0.6) is 0 Å². The van der Waals surface area contributed by atoms with Gasteiger partial charge in [0.25, 0.3) is 5.91 Å². The van der Waals surface area contributed by atoms with Crippen LogP contribution in [0.3, 0.4) is 0 Å². The minimum absolute atomic E-state index is 0.162. The Kier molecular flexibility index (Phi) is 5.90. The number of nitrogens with one attached hydrogen (secondary N) is 1. The molecule has 0 unspecified atom stereocenters. The molecule has 0 bridgehead atoms. The Balaban J connectivity index is 1.40. The molecule has 7 nitrogen and oxygen atoms in total. The van der Waals surface area contributed by atoms with Crippen molar-refractivity contribution in [1.29, 1.82) is 0 Å². The molecule has 2 atom stereocenters. The largest absolute Gasteiger partial charge is 0.452 e. The maximum absolute atomic E-state index is 12.8. The summed E-state index contributed by atoms with van der Waals surface area (Å²) in [5.74, 6) is -2.36. The van der Waals surface area contributed by atoms with E-state index in [4.69, 9.17) is 4.74 Å². The van der Waals surface area contributed by atoms with Crippen molar-refractivity contribution >= 4 is 35.1 Å². The number of carbonyl (C=O) groups excluding carboxylic acids is 4. The summed E-state index contributed by atoms with van der Waals surface area (Å²) in [7, 11) is 0. The van der Waals surface area contributed by atoms with Crippen LogP contribution in [0.25, 0.3) is 0 Å². The molecule has 4 rings (SSSR count). The number of benzene rings is 2. The molecule has 1 N–H and O–H groups in total. The molecule has 1 saturated heterocycles. The van der Waals surface area contributed by atoms with Crippen molar-refractivity contribution in [1.82, 2.24) is 0 Å². The third-order valence-electron chi connectivity index (χ3n) is 5.97. The Labute approximate surface area is 186 Å². The van der Waals surface area contributed by atoms with Gasteiger partial charge in [-0.3, -0.25) is 19.3 Å². The Morgan fingerprint density at radius 1 is 0.969 bits per heavy atom. The molecule has 7 heteroatoms. The molecule has 1 aliphatic heterocycles. The zero-order valence-corrected chi connectivity index (χ0v) is 18.0. The number of hydrogen-bond donors (Lipinski definition) is 1. The van der Waals surface area contributed by atoms with Crippen LogP contribution < -0.4 is 10.2 Å². The predicted octanol–water partition coefficient (Wildman–Crippen LogP) is 3.55. The number of aryl methyl sites for hydroxylation is 2. The first-order valence-electron chi connectivity index (χ1n) is 10.5. The molecule has 0 spiro atoms. The van der Waals surface area contributed by atoms with E-state index in [9.17, 15) is 19.2 Å². The molecule has 2 aliphatic rings. The Bertz CT molecular complexity index is 1110. The first kappa shape index (κ1) is 21.5. The number of anilines is 2. The van der Waals surface area contributed by atoms with Gasteiger partial charge in [-0.15, -0.1) is 0 Å². The van der Waals surface area contributed by atoms with Crippen LogP contribution in [0.4, 0.5) is 11.4 Å². The van der Waals surface area contributed by atoms with Crippen molar-refractivity contribution in [2.75, 3.05) is 16.8 Å². The van der Waals surface area contributed by atoms with Crippen LogP contribution in [0.2, 0.25) is 0 Å². The van der Waals surface area contributed by atoms with Crippen molar-refractivity contribution in [3.63, 3.8) is 0 Å². The molecule has 2 aromatic rings. The number of carbonyl (C=O) groups is 4. The van der Waals surface area contributed by atoms with Crippen LogP contribution in [0.1, 0.15) is 34.3 Å². The molecule has 2 aromatic carbocycles. The van der Waals surface area contributed by atoms with Crippen molar-refractivity contribution < 1.29 is 23.9 Å². The number of rotatable bonds is 5. The van der Waals surface area contributed by atoms with Crippen LogP contribution >= 0.6 is 0 Å². The average Bonchev–Trinajstić information content (AvgIpc) is 3.05. The fourth-order valence-electron chi connectivity index (χ4n) is 4.06. The van der Waals surface area contributed by atoms with Gasteiger partial charge in [0, 0.05) is 5.69 Å². The quantitative estimate of drug-likeness (QED) is 0.443. The first-order valence-corrected chi connectivity index (χ1v) is 10.5. The Hall–Kier alpha value is -3.74. The molecule has 164 valence electrons. The zero-order chi connectivity index (χ0) is 22.8. The molecule has 1 heterocycles. The van der Waals surface area contributed by atoms with E-state index < -0.39 is 18.5 Å². The highest BCUT2D eigenvalue weighted by Gasteiger charge is 2.47. The van der Waals surface area contributed by atoms with Gasteiger partial charge in [0.2, 0.25) is 11.8 Å². The van der Waals surface area contributed by atoms with Gasteiger partial charge in [-0.25, -0.2) is 4.79 Å². The van der Waals surface area contributed by atoms with E-state index in [2.05, 4.69) is 5.32 Å². The highest BCUT2D eigenvalue weighted by atomic mass is 16.5. The average molecular weight is 432 g/mol. The van der Waals surface area contributed by atoms with E-state index in [0.717, 1.165) is 16.0 Å². The van der Waals surface area contributed by atoms with Gasteiger partial charge in [0.1, 0.15) is 0 Å². The van der Waals surface area contributed by atoms with Gasteiger partial charge in [0.15, 0.2) is 6.61 Å². The molecule has 3 amide bonds. The lowest BCUT2D eigenvalue weighted by Gasteiger charge is -2.15. The predicted molar refractivity (Wildman–Crippen MR) is 119 cm³/mol. The lowest BCUT2D eigenvalue weighted by molar-refractivity contribution is -0.122. The standard InChI is InChI=1S/C25H24N2O5/c1-15-10-11-18(12-16(15)2)26-22(28)14-32-25(31)17-6-5-7-19(13-17)27-23(29)20-8-3-4-9-21(20)24(27)30/h3-7,10-13,20-21H,8-9,14H2,1-2H3,(H,26,28)/t20-,21-/m1/s1. The van der Waals surface area contributed by atoms with Crippen molar-refractivity contribution in [2.24, 2.45) is 11.8 Å². The molecule has 1 fully saturated rings. The van der Waals surface area contributed by atoms with E-state index in [0.29, 0.717) is 24.2 Å². The third-order valence-corrected chi connectivity index (χ3v) is 5.97. The molecule has 0 saturated carbocycles. The van der Waals surface area contributed by atoms with Crippen LogP contribution in [0.15, 0.2) is 54.6 Å². The number of nitrogens with zero attached hydrogens (tertiary/aromatic N) is 1. The Morgan fingerprint density at radius 2 is 1.66 bits per heavy atom. The van der Waals surface area contributed by atoms with Gasteiger partial charge < -0.3 is 10.1 Å². The number of allylic oxidation sites excluding steroid dienone is 2. The first-order chi connectivity index (χ1) is 15.3. The fourth-order valence-corrected chi connectivity index (χ4v) is 4.06. The maximum atomic E-state index is 12.8. The van der Waals surface area contributed by atoms with Crippen LogP contribution in [-0.2, 0) is 19.1 Å². The lowest BCUT2D eigenvalue weighted by atomic mass is 9.85. The molecule has 0 radical (unpaired) electrons. The van der Waals surface area contributed by atoms with Crippen molar-refractivity contribution in [3.05, 3.63) is 71.3 Å². The molecular weight excluding hydrogens is 408 g/mol. The highest BCUT2D eigenvalue weighted by molar-refractivity contribution is 6.22. The molecule has 1 aliphatic carbocycles. The summed E-state index contributed by atoms with van der Waals surface area (Å²) in [5.41, 5.74) is 3.27. The summed E-state index contributed by atoms with van der Waals surface area (Å²) in [6.45, 7) is 3.47. The summed E-state index contributed by atoms with van der Waals surface area (Å²) < 4.78 is 5.13. The SMILES string of the molecule is Cc1ccc(NC(=O)COC(=O)c2cccc(N3C(=O)[C@@H]4CC=CC[C@H]4C3=O)c2)cc1C. The molecule has 0 aromatic heterocycles. The summed E-state index contributed by atoms with van der Waals surface area (Å²) in [4.78, 5) is 51.3. The number of imide groups is 1. The smallest absolute Gasteiger partial charge is 0.338 e. The summed E-state index contributed by atoms with van der Waals surface area (Å²) in [5, 5.41) is 2.69. The van der Waals surface area contributed by atoms with Crippen LogP contribution in [-0.4, -0.2) is 30.3 Å². The minimum Gasteiger partial charge on any atom is -0.452 e. The third kappa shape index (κ3) is 4.19. The van der Waals surface area contributed by atoms with Gasteiger partial charge in [0.05, 0.1) is 23.1 Å². The summed E-state index contributed by atoms with van der Waals surface area (Å²) in [6, 6.07) is 11.7. The second kappa shape index (κ2) is 8.78. The summed E-state index contributed by atoms with van der Waals surface area (Å²) in [6.07, 6.45) is 4.94. The van der Waals surface area contributed by atoms with E-state index in [1.807, 2.05) is 38.1 Å². The van der Waals surface area contributed by atoms with Crippen molar-refractivity contribution in [3.8, 4) is 0 Å². The van der Waals surface area contributed by atoms with Gasteiger partial charge in [-0.05, 0) is 68.1 Å². The van der Waals surface area contributed by atoms with E-state index in [-0.39, 0.29) is 29.2 Å². The number of esters is 1. The van der Waals surface area contributed by atoms with Gasteiger partial charge in [-0.1, -0.05) is 24.3 Å². The highest BCUT2D eigenvalue weighted by Crippen LogP contribution is 2.37. The monoisotopic (exact) mass is 432 g/mol. The maximum Gasteiger partial charge on any atom is 0.338 e. The minimum atomic E-state index is -0.708. The van der Waals surface area contributed by atoms with E-state index in [1.165, 1.54) is 12.1 Å². The van der Waals surface area contributed by atoms with Crippen molar-refractivity contribution in [2.45, 2.75) is 26.7 Å². The number of ether oxygens (including phenoxy) is 1. The lowest BCUT2D eigenvalue weighted by Crippen LogP contribution is -2.31. The Morgan fingerprint density at radius 3 is 2.31 bits per heavy atom. The van der Waals surface area contributed by atoms with E-state index >= 15 is 0 Å². The second-order valence-corrected chi connectivity index (χ2v) is 8.14. The number of amides is 3. The normalized spacial score (nSPS) is 19.6. The van der Waals surface area contributed by atoms with Crippen LogP contribution in [0, 0.1) is 25.7 Å². The second-order valence-electron chi connectivity index (χ2n) is 8.14. The van der Waals surface area contributed by atoms with Gasteiger partial charge >= 0.3 is 5.97 Å². The number of fused-ring (bicyclic) bond motifs is 1. The topological polar surface area (TPSA) is 92.8 Å². The summed E-state index contributed by atoms with van der Waals surface area (Å²) >= 11 is 0. The number of hydrogen-bond acceptors (Lipinski definition) is 5.